The van der Waals surface area contributed by atoms with Gasteiger partial charge in [-0.05, 0) is 38.5 Å². The van der Waals surface area contributed by atoms with Gasteiger partial charge in [-0.3, -0.25) is 9.10 Å². The molecule has 0 bridgehead atoms. The lowest BCUT2D eigenvalue weighted by Gasteiger charge is -2.24. The summed E-state index contributed by atoms with van der Waals surface area (Å²) in [5, 5.41) is 3.03. The third-order valence-corrected chi connectivity index (χ3v) is 4.55. The lowest BCUT2D eigenvalue weighted by Crippen LogP contribution is -2.41. The van der Waals surface area contributed by atoms with Gasteiger partial charge < -0.3 is 14.8 Å². The molecule has 0 aliphatic rings. The standard InChI is InChI=1S/C16H25ClN2O5S/c1-12(2)24-9-5-8-18-16(20)11-19(25(4,21)22)14-10-13(17)6-7-15(14)23-3/h6-7,10,12H,5,8-9,11H2,1-4H3,(H,18,20). The van der Waals surface area contributed by atoms with Gasteiger partial charge in [-0.15, -0.1) is 0 Å². The minimum Gasteiger partial charge on any atom is -0.495 e. The van der Waals surface area contributed by atoms with Gasteiger partial charge in [0, 0.05) is 18.2 Å². The number of carbonyl (C=O) groups excluding carboxylic acids is 1. The average molecular weight is 393 g/mol. The summed E-state index contributed by atoms with van der Waals surface area (Å²) in [6.45, 7) is 4.42. The van der Waals surface area contributed by atoms with Crippen LogP contribution in [0.1, 0.15) is 20.3 Å². The molecule has 0 saturated heterocycles. The third kappa shape index (κ3) is 7.50. The predicted octanol–water partition coefficient (Wildman–Crippen LogP) is 2.05. The first kappa shape index (κ1) is 21.5. The van der Waals surface area contributed by atoms with E-state index in [0.29, 0.717) is 30.3 Å². The monoisotopic (exact) mass is 392 g/mol. The van der Waals surface area contributed by atoms with E-state index in [2.05, 4.69) is 5.32 Å². The summed E-state index contributed by atoms with van der Waals surface area (Å²) in [5.74, 6) is -0.107. The van der Waals surface area contributed by atoms with Crippen molar-refractivity contribution < 1.29 is 22.7 Å². The molecule has 0 aliphatic carbocycles. The molecule has 0 heterocycles. The van der Waals surface area contributed by atoms with E-state index in [-0.39, 0.29) is 18.3 Å². The second kappa shape index (κ2) is 9.84. The van der Waals surface area contributed by atoms with Crippen molar-refractivity contribution in [2.24, 2.45) is 0 Å². The molecule has 0 aromatic heterocycles. The summed E-state index contributed by atoms with van der Waals surface area (Å²) >= 11 is 5.96. The Morgan fingerprint density at radius 2 is 2.04 bits per heavy atom. The van der Waals surface area contributed by atoms with Gasteiger partial charge in [0.2, 0.25) is 15.9 Å². The van der Waals surface area contributed by atoms with E-state index >= 15 is 0 Å². The topological polar surface area (TPSA) is 84.9 Å². The molecule has 0 spiro atoms. The summed E-state index contributed by atoms with van der Waals surface area (Å²) in [6, 6.07) is 4.58. The number of nitrogens with one attached hydrogen (secondary N) is 1. The minimum absolute atomic E-state index is 0.131. The largest absolute Gasteiger partial charge is 0.495 e. The first-order chi connectivity index (χ1) is 11.6. The van der Waals surface area contributed by atoms with Gasteiger partial charge in [0.05, 0.1) is 25.2 Å². The summed E-state index contributed by atoms with van der Waals surface area (Å²) in [7, 11) is -2.28. The van der Waals surface area contributed by atoms with E-state index in [9.17, 15) is 13.2 Å². The number of ether oxygens (including phenoxy) is 2. The number of rotatable bonds is 10. The van der Waals surface area contributed by atoms with Crippen LogP contribution in [0.15, 0.2) is 18.2 Å². The Hall–Kier alpha value is -1.51. The molecule has 9 heteroatoms. The number of hydrogen-bond donors (Lipinski definition) is 1. The van der Waals surface area contributed by atoms with Crippen LogP contribution in [0.3, 0.4) is 0 Å². The van der Waals surface area contributed by atoms with Crippen LogP contribution in [0, 0.1) is 0 Å². The molecule has 0 radical (unpaired) electrons. The lowest BCUT2D eigenvalue weighted by molar-refractivity contribution is -0.119. The normalized spacial score (nSPS) is 11.4. The summed E-state index contributed by atoms with van der Waals surface area (Å²) in [6.07, 6.45) is 1.80. The van der Waals surface area contributed by atoms with Crippen LogP contribution < -0.4 is 14.4 Å². The van der Waals surface area contributed by atoms with Crippen LogP contribution in [-0.2, 0) is 19.6 Å². The summed E-state index contributed by atoms with van der Waals surface area (Å²) in [4.78, 5) is 12.1. The van der Waals surface area contributed by atoms with Crippen molar-refractivity contribution in [3.05, 3.63) is 23.2 Å². The Morgan fingerprint density at radius 1 is 1.36 bits per heavy atom. The molecule has 1 aromatic rings. The first-order valence-corrected chi connectivity index (χ1v) is 10.1. The maximum absolute atomic E-state index is 12.1. The number of carbonyl (C=O) groups is 1. The number of hydrogen-bond acceptors (Lipinski definition) is 5. The quantitative estimate of drug-likeness (QED) is 0.616. The van der Waals surface area contributed by atoms with Gasteiger partial charge in [0.15, 0.2) is 0 Å². The molecule has 1 rings (SSSR count). The third-order valence-electron chi connectivity index (χ3n) is 3.19. The van der Waals surface area contributed by atoms with E-state index in [1.807, 2.05) is 13.8 Å². The lowest BCUT2D eigenvalue weighted by atomic mass is 10.3. The number of halogens is 1. The Kier molecular flexibility index (Phi) is 8.47. The molecular formula is C16H25ClN2O5S. The fraction of sp³-hybridized carbons (Fsp3) is 0.562. The Morgan fingerprint density at radius 3 is 2.60 bits per heavy atom. The van der Waals surface area contributed by atoms with Gasteiger partial charge in [-0.25, -0.2) is 8.42 Å². The second-order valence-corrected chi connectivity index (χ2v) is 8.05. The van der Waals surface area contributed by atoms with Crippen LogP contribution in [0.5, 0.6) is 5.75 Å². The highest BCUT2D eigenvalue weighted by molar-refractivity contribution is 7.92. The van der Waals surface area contributed by atoms with E-state index in [1.165, 1.54) is 13.2 Å². The van der Waals surface area contributed by atoms with Gasteiger partial charge in [0.25, 0.3) is 0 Å². The Balaban J connectivity index is 2.79. The smallest absolute Gasteiger partial charge is 0.240 e. The first-order valence-electron chi connectivity index (χ1n) is 7.84. The van der Waals surface area contributed by atoms with Crippen LogP contribution in [0.25, 0.3) is 0 Å². The number of nitrogens with zero attached hydrogens (tertiary/aromatic N) is 1. The van der Waals surface area contributed by atoms with Crippen molar-refractivity contribution >= 4 is 33.2 Å². The average Bonchev–Trinajstić information content (AvgIpc) is 2.50. The molecule has 0 aliphatic heterocycles. The number of sulfonamides is 1. The molecule has 0 atom stereocenters. The number of amides is 1. The van der Waals surface area contributed by atoms with Gasteiger partial charge >= 0.3 is 0 Å². The fourth-order valence-corrected chi connectivity index (χ4v) is 3.06. The Bertz CT molecular complexity index is 679. The maximum atomic E-state index is 12.1. The molecule has 7 nitrogen and oxygen atoms in total. The molecule has 0 saturated carbocycles. The van der Waals surface area contributed by atoms with E-state index in [4.69, 9.17) is 21.1 Å². The molecule has 1 aromatic carbocycles. The van der Waals surface area contributed by atoms with Gasteiger partial charge in [-0.1, -0.05) is 11.6 Å². The highest BCUT2D eigenvalue weighted by atomic mass is 35.5. The zero-order valence-electron chi connectivity index (χ0n) is 14.9. The number of benzene rings is 1. The molecule has 0 unspecified atom stereocenters. The number of anilines is 1. The van der Waals surface area contributed by atoms with Crippen LogP contribution in [0.4, 0.5) is 5.69 Å². The molecule has 25 heavy (non-hydrogen) atoms. The van der Waals surface area contributed by atoms with Crippen LogP contribution in [0.2, 0.25) is 5.02 Å². The van der Waals surface area contributed by atoms with Crippen molar-refractivity contribution in [2.45, 2.75) is 26.4 Å². The summed E-state index contributed by atoms with van der Waals surface area (Å²) in [5.41, 5.74) is 0.218. The van der Waals surface area contributed by atoms with Crippen molar-refractivity contribution in [1.82, 2.24) is 5.32 Å². The Labute approximate surface area is 154 Å². The summed E-state index contributed by atoms with van der Waals surface area (Å²) < 4.78 is 35.8. The molecule has 142 valence electrons. The van der Waals surface area contributed by atoms with Crippen LogP contribution in [-0.4, -0.2) is 53.5 Å². The zero-order valence-corrected chi connectivity index (χ0v) is 16.5. The fourth-order valence-electron chi connectivity index (χ4n) is 2.04. The molecular weight excluding hydrogens is 368 g/mol. The van der Waals surface area contributed by atoms with Crippen LogP contribution >= 0.6 is 11.6 Å². The van der Waals surface area contributed by atoms with Gasteiger partial charge in [-0.2, -0.15) is 0 Å². The van der Waals surface area contributed by atoms with Crippen molar-refractivity contribution in [3.63, 3.8) is 0 Å². The highest BCUT2D eigenvalue weighted by Gasteiger charge is 2.24. The highest BCUT2D eigenvalue weighted by Crippen LogP contribution is 2.32. The van der Waals surface area contributed by atoms with Crippen molar-refractivity contribution in [2.75, 3.05) is 37.4 Å². The number of methoxy groups -OCH3 is 1. The minimum atomic E-state index is -3.70. The van der Waals surface area contributed by atoms with E-state index < -0.39 is 15.9 Å². The van der Waals surface area contributed by atoms with Crippen molar-refractivity contribution in [1.29, 1.82) is 0 Å². The SMILES string of the molecule is COc1ccc(Cl)cc1N(CC(=O)NCCCOC(C)C)S(C)(=O)=O. The molecule has 0 fully saturated rings. The zero-order chi connectivity index (χ0) is 19.0. The van der Waals surface area contributed by atoms with Crippen molar-refractivity contribution in [3.8, 4) is 5.75 Å². The predicted molar refractivity (Wildman–Crippen MR) is 98.9 cm³/mol. The van der Waals surface area contributed by atoms with Gasteiger partial charge in [0.1, 0.15) is 12.3 Å². The van der Waals surface area contributed by atoms with E-state index in [1.54, 1.807) is 12.1 Å². The molecule has 1 N–H and O–H groups in total. The van der Waals surface area contributed by atoms with E-state index in [0.717, 1.165) is 10.6 Å². The maximum Gasteiger partial charge on any atom is 0.240 e. The second-order valence-electron chi connectivity index (χ2n) is 5.71. The molecule has 1 amide bonds.